The zero-order valence-corrected chi connectivity index (χ0v) is 10.6. The molecule has 0 amide bonds. The van der Waals surface area contributed by atoms with Gasteiger partial charge in [0.15, 0.2) is 0 Å². The summed E-state index contributed by atoms with van der Waals surface area (Å²) >= 11 is 0. The van der Waals surface area contributed by atoms with Crippen LogP contribution in [0, 0.1) is 0 Å². The van der Waals surface area contributed by atoms with E-state index in [0.717, 1.165) is 37.4 Å². The summed E-state index contributed by atoms with van der Waals surface area (Å²) in [7, 11) is 0. The molecular formula is C14H18N4. The molecule has 94 valence electrons. The molecule has 1 saturated heterocycles. The van der Waals surface area contributed by atoms with Gasteiger partial charge in [0.1, 0.15) is 12.2 Å². The molecule has 2 heterocycles. The second-order valence-electron chi connectivity index (χ2n) is 4.92. The summed E-state index contributed by atoms with van der Waals surface area (Å²) in [6.07, 6.45) is 4.04. The largest absolute Gasteiger partial charge is 0.316 e. The van der Waals surface area contributed by atoms with Crippen LogP contribution in [0.1, 0.15) is 25.6 Å². The molecule has 0 saturated carbocycles. The molecular weight excluding hydrogens is 224 g/mol. The van der Waals surface area contributed by atoms with Crippen molar-refractivity contribution in [2.24, 2.45) is 0 Å². The van der Waals surface area contributed by atoms with Crippen LogP contribution in [-0.2, 0) is 5.41 Å². The number of rotatable bonds is 3. The summed E-state index contributed by atoms with van der Waals surface area (Å²) in [6.45, 7) is 4.29. The van der Waals surface area contributed by atoms with Crippen molar-refractivity contribution in [1.82, 2.24) is 20.1 Å². The molecule has 3 rings (SSSR count). The van der Waals surface area contributed by atoms with Crippen LogP contribution in [0.3, 0.4) is 0 Å². The zero-order chi connectivity index (χ0) is 12.4. The fourth-order valence-corrected chi connectivity index (χ4v) is 2.77. The van der Waals surface area contributed by atoms with Crippen LogP contribution >= 0.6 is 0 Å². The van der Waals surface area contributed by atoms with Crippen molar-refractivity contribution in [2.45, 2.75) is 25.2 Å². The Labute approximate surface area is 107 Å². The summed E-state index contributed by atoms with van der Waals surface area (Å²) in [6, 6.07) is 10.3. The Balaban J connectivity index is 2.06. The monoisotopic (exact) mass is 242 g/mol. The number of hydrogen-bond acceptors (Lipinski definition) is 3. The Bertz CT molecular complexity index is 512. The normalized spacial score (nSPS) is 23.4. The van der Waals surface area contributed by atoms with Crippen molar-refractivity contribution in [3.8, 4) is 5.69 Å². The third-order valence-electron chi connectivity index (χ3n) is 3.98. The van der Waals surface area contributed by atoms with Gasteiger partial charge in [-0.2, -0.15) is 0 Å². The Morgan fingerprint density at radius 2 is 2.17 bits per heavy atom. The molecule has 1 aliphatic rings. The number of nitrogens with one attached hydrogen (secondary N) is 1. The number of para-hydroxylation sites is 1. The molecule has 18 heavy (non-hydrogen) atoms. The van der Waals surface area contributed by atoms with E-state index in [1.807, 2.05) is 24.5 Å². The highest BCUT2D eigenvalue weighted by atomic mass is 15.3. The molecule has 4 nitrogen and oxygen atoms in total. The average Bonchev–Trinajstić information content (AvgIpc) is 3.09. The molecule has 1 aromatic carbocycles. The molecule has 0 bridgehead atoms. The highest BCUT2D eigenvalue weighted by Gasteiger charge is 2.38. The smallest absolute Gasteiger partial charge is 0.144 e. The highest BCUT2D eigenvalue weighted by molar-refractivity contribution is 5.34. The number of hydrogen-bond donors (Lipinski definition) is 1. The van der Waals surface area contributed by atoms with E-state index in [2.05, 4.69) is 39.1 Å². The molecule has 1 aromatic heterocycles. The number of aromatic nitrogens is 3. The third kappa shape index (κ3) is 1.73. The van der Waals surface area contributed by atoms with Gasteiger partial charge in [-0.3, -0.25) is 4.57 Å². The quantitative estimate of drug-likeness (QED) is 0.894. The molecule has 1 atom stereocenters. The van der Waals surface area contributed by atoms with Gasteiger partial charge >= 0.3 is 0 Å². The Hall–Kier alpha value is -1.68. The van der Waals surface area contributed by atoms with Gasteiger partial charge < -0.3 is 5.32 Å². The van der Waals surface area contributed by atoms with Crippen LogP contribution in [0.2, 0.25) is 0 Å². The van der Waals surface area contributed by atoms with Crippen LogP contribution in [0.5, 0.6) is 0 Å². The van der Waals surface area contributed by atoms with Crippen molar-refractivity contribution in [3.63, 3.8) is 0 Å². The standard InChI is InChI=1S/C14H18N4/c1-2-14(8-9-15-10-14)13-17-16-11-18(13)12-6-4-3-5-7-12/h3-7,11,15H,2,8-10H2,1H3. The lowest BCUT2D eigenvalue weighted by atomic mass is 9.83. The first-order valence-corrected chi connectivity index (χ1v) is 6.52. The summed E-state index contributed by atoms with van der Waals surface area (Å²) in [5.41, 5.74) is 1.27. The Morgan fingerprint density at radius 1 is 1.33 bits per heavy atom. The topological polar surface area (TPSA) is 42.7 Å². The van der Waals surface area contributed by atoms with Crippen molar-refractivity contribution < 1.29 is 0 Å². The van der Waals surface area contributed by atoms with E-state index in [9.17, 15) is 0 Å². The van der Waals surface area contributed by atoms with Gasteiger partial charge in [-0.1, -0.05) is 25.1 Å². The molecule has 2 aromatic rings. The second kappa shape index (κ2) is 4.53. The predicted octanol–water partition coefficient (Wildman–Crippen LogP) is 1.91. The number of benzene rings is 1. The van der Waals surface area contributed by atoms with E-state index < -0.39 is 0 Å². The van der Waals surface area contributed by atoms with E-state index in [4.69, 9.17) is 0 Å². The van der Waals surface area contributed by atoms with Crippen molar-refractivity contribution in [3.05, 3.63) is 42.5 Å². The average molecular weight is 242 g/mol. The van der Waals surface area contributed by atoms with Gasteiger partial charge in [0.25, 0.3) is 0 Å². The van der Waals surface area contributed by atoms with Crippen LogP contribution in [-0.4, -0.2) is 27.9 Å². The summed E-state index contributed by atoms with van der Waals surface area (Å²) in [4.78, 5) is 0. The van der Waals surface area contributed by atoms with Gasteiger partial charge in [-0.05, 0) is 31.5 Å². The van der Waals surface area contributed by atoms with Crippen LogP contribution in [0.4, 0.5) is 0 Å². The fourth-order valence-electron chi connectivity index (χ4n) is 2.77. The summed E-state index contributed by atoms with van der Waals surface area (Å²) in [5, 5.41) is 12.0. The number of nitrogens with zero attached hydrogens (tertiary/aromatic N) is 3. The van der Waals surface area contributed by atoms with Gasteiger partial charge in [-0.25, -0.2) is 0 Å². The summed E-state index contributed by atoms with van der Waals surface area (Å²) < 4.78 is 2.12. The molecule has 1 fully saturated rings. The minimum absolute atomic E-state index is 0.131. The second-order valence-corrected chi connectivity index (χ2v) is 4.92. The lowest BCUT2D eigenvalue weighted by Gasteiger charge is -2.26. The van der Waals surface area contributed by atoms with E-state index in [0.29, 0.717) is 0 Å². The van der Waals surface area contributed by atoms with Crippen molar-refractivity contribution >= 4 is 0 Å². The van der Waals surface area contributed by atoms with Gasteiger partial charge in [-0.15, -0.1) is 10.2 Å². The first kappa shape index (κ1) is 11.4. The van der Waals surface area contributed by atoms with E-state index >= 15 is 0 Å². The SMILES string of the molecule is CCC1(c2nncn2-c2ccccc2)CCNC1. The van der Waals surface area contributed by atoms with E-state index in [1.165, 1.54) is 0 Å². The first-order valence-electron chi connectivity index (χ1n) is 6.52. The predicted molar refractivity (Wildman–Crippen MR) is 70.8 cm³/mol. The van der Waals surface area contributed by atoms with Crippen LogP contribution < -0.4 is 5.32 Å². The fraction of sp³-hybridized carbons (Fsp3) is 0.429. The minimum Gasteiger partial charge on any atom is -0.316 e. The summed E-state index contributed by atoms with van der Waals surface area (Å²) in [5.74, 6) is 1.08. The zero-order valence-electron chi connectivity index (χ0n) is 10.6. The molecule has 1 unspecified atom stereocenters. The van der Waals surface area contributed by atoms with Crippen LogP contribution in [0.15, 0.2) is 36.7 Å². The molecule has 0 radical (unpaired) electrons. The molecule has 1 aliphatic heterocycles. The molecule has 1 N–H and O–H groups in total. The lowest BCUT2D eigenvalue weighted by molar-refractivity contribution is 0.418. The van der Waals surface area contributed by atoms with E-state index in [1.54, 1.807) is 0 Å². The van der Waals surface area contributed by atoms with Gasteiger partial charge in [0.2, 0.25) is 0 Å². The third-order valence-corrected chi connectivity index (χ3v) is 3.98. The highest BCUT2D eigenvalue weighted by Crippen LogP contribution is 2.33. The molecule has 0 aliphatic carbocycles. The Kier molecular flexibility index (Phi) is 2.88. The van der Waals surface area contributed by atoms with Crippen LogP contribution in [0.25, 0.3) is 5.69 Å². The van der Waals surface area contributed by atoms with Crippen molar-refractivity contribution in [1.29, 1.82) is 0 Å². The maximum atomic E-state index is 4.39. The van der Waals surface area contributed by atoms with Gasteiger partial charge in [0.05, 0.1) is 0 Å². The van der Waals surface area contributed by atoms with Gasteiger partial charge in [0, 0.05) is 17.6 Å². The minimum atomic E-state index is 0.131. The lowest BCUT2D eigenvalue weighted by Crippen LogP contribution is -2.31. The maximum absolute atomic E-state index is 4.39. The molecule has 0 spiro atoms. The Morgan fingerprint density at radius 3 is 2.83 bits per heavy atom. The first-order chi connectivity index (χ1) is 8.86. The maximum Gasteiger partial charge on any atom is 0.144 e. The molecule has 4 heteroatoms. The van der Waals surface area contributed by atoms with Crippen molar-refractivity contribution in [2.75, 3.05) is 13.1 Å². The van der Waals surface area contributed by atoms with E-state index in [-0.39, 0.29) is 5.41 Å².